The Bertz CT molecular complexity index is 971. The molecule has 0 aromatic carbocycles. The van der Waals surface area contributed by atoms with E-state index in [1.165, 1.54) is 22.4 Å². The number of fused-ring (bicyclic) bond motifs is 1. The van der Waals surface area contributed by atoms with Gasteiger partial charge in [-0.2, -0.15) is 5.10 Å². The summed E-state index contributed by atoms with van der Waals surface area (Å²) in [5.41, 5.74) is 8.39. The molecular weight excluding hydrogens is 344 g/mol. The molecule has 120 valence electrons. The number of hydrogen-bond acceptors (Lipinski definition) is 6. The fraction of sp³-hybridized carbons (Fsp3) is 0. The van der Waals surface area contributed by atoms with Gasteiger partial charge in [0.05, 0.1) is 11.8 Å². The van der Waals surface area contributed by atoms with Gasteiger partial charge in [0.25, 0.3) is 5.56 Å². The maximum absolute atomic E-state index is 12.7. The molecular formula is C15H12N6OS2. The smallest absolute Gasteiger partial charge is 0.267 e. The Morgan fingerprint density at radius 1 is 1.33 bits per heavy atom. The van der Waals surface area contributed by atoms with Crippen LogP contribution in [0.15, 0.2) is 68.7 Å². The fourth-order valence-corrected chi connectivity index (χ4v) is 2.84. The number of thiocarbonyl (C=S) groups is 1. The molecule has 0 atom stereocenters. The number of pyridine rings is 2. The lowest BCUT2D eigenvalue weighted by Crippen LogP contribution is -2.25. The van der Waals surface area contributed by atoms with E-state index in [9.17, 15) is 4.79 Å². The molecule has 0 radical (unpaired) electrons. The van der Waals surface area contributed by atoms with E-state index in [0.717, 1.165) is 5.03 Å². The van der Waals surface area contributed by atoms with Gasteiger partial charge in [-0.1, -0.05) is 12.1 Å². The first-order valence-electron chi connectivity index (χ1n) is 6.84. The molecule has 3 aromatic heterocycles. The number of hydrazone groups is 1. The van der Waals surface area contributed by atoms with Crippen molar-refractivity contribution in [3.63, 3.8) is 0 Å². The Morgan fingerprint density at radius 3 is 2.92 bits per heavy atom. The predicted molar refractivity (Wildman–Crippen MR) is 97.3 cm³/mol. The van der Waals surface area contributed by atoms with E-state index in [1.54, 1.807) is 24.5 Å². The Kier molecular flexibility index (Phi) is 4.82. The second-order valence-corrected chi connectivity index (χ2v) is 6.02. The van der Waals surface area contributed by atoms with Crippen LogP contribution in [0.25, 0.3) is 5.65 Å². The van der Waals surface area contributed by atoms with Crippen molar-refractivity contribution >= 4 is 41.0 Å². The van der Waals surface area contributed by atoms with E-state index in [1.807, 2.05) is 24.3 Å². The molecule has 0 unspecified atom stereocenters. The number of nitrogens with one attached hydrogen (secondary N) is 1. The molecule has 0 amide bonds. The Morgan fingerprint density at radius 2 is 2.17 bits per heavy atom. The second kappa shape index (κ2) is 7.20. The molecule has 0 bridgehead atoms. The van der Waals surface area contributed by atoms with Crippen LogP contribution < -0.4 is 16.7 Å². The quantitative estimate of drug-likeness (QED) is 0.316. The van der Waals surface area contributed by atoms with E-state index in [4.69, 9.17) is 18.0 Å². The molecule has 0 saturated carbocycles. The maximum Gasteiger partial charge on any atom is 0.267 e. The van der Waals surface area contributed by atoms with E-state index >= 15 is 0 Å². The molecule has 3 aromatic rings. The lowest BCUT2D eigenvalue weighted by Gasteiger charge is -2.07. The average Bonchev–Trinajstić information content (AvgIpc) is 2.58. The van der Waals surface area contributed by atoms with Gasteiger partial charge in [-0.15, -0.1) is 0 Å². The first-order valence-corrected chi connectivity index (χ1v) is 8.06. The molecule has 24 heavy (non-hydrogen) atoms. The van der Waals surface area contributed by atoms with Gasteiger partial charge in [-0.05, 0) is 48.2 Å². The topological polar surface area (TPSA) is 97.7 Å². The standard InChI is InChI=1S/C15H12N6OS2/c16-15(23)20-18-9-10-13(24-12-6-1-3-7-17-12)19-11-5-2-4-8-21(11)14(10)22/h1-9H,(H3,16,20,23). The van der Waals surface area contributed by atoms with Crippen molar-refractivity contribution < 1.29 is 0 Å². The van der Waals surface area contributed by atoms with Crippen LogP contribution in [-0.4, -0.2) is 25.7 Å². The molecule has 3 N–H and O–H groups in total. The summed E-state index contributed by atoms with van der Waals surface area (Å²) in [6.45, 7) is 0. The van der Waals surface area contributed by atoms with Crippen LogP contribution >= 0.6 is 24.0 Å². The van der Waals surface area contributed by atoms with Gasteiger partial charge in [-0.25, -0.2) is 9.97 Å². The number of nitrogens with zero attached hydrogens (tertiary/aromatic N) is 4. The minimum absolute atomic E-state index is 0.0130. The van der Waals surface area contributed by atoms with Gasteiger partial charge in [0.15, 0.2) is 5.11 Å². The summed E-state index contributed by atoms with van der Waals surface area (Å²) in [5, 5.41) is 5.12. The largest absolute Gasteiger partial charge is 0.375 e. The highest BCUT2D eigenvalue weighted by molar-refractivity contribution is 7.99. The van der Waals surface area contributed by atoms with Crippen LogP contribution in [0.1, 0.15) is 5.56 Å². The molecule has 9 heteroatoms. The van der Waals surface area contributed by atoms with Crippen LogP contribution in [0.2, 0.25) is 0 Å². The SMILES string of the molecule is NC(=S)NN=Cc1c(Sc2ccccn2)nc2ccccn2c1=O. The summed E-state index contributed by atoms with van der Waals surface area (Å²) in [6.07, 6.45) is 4.69. The Hall–Kier alpha value is -2.78. The molecule has 0 aliphatic heterocycles. The van der Waals surface area contributed by atoms with E-state index in [2.05, 4.69) is 20.5 Å². The Labute approximate surface area is 146 Å². The van der Waals surface area contributed by atoms with E-state index in [-0.39, 0.29) is 10.7 Å². The summed E-state index contributed by atoms with van der Waals surface area (Å²) in [6, 6.07) is 10.9. The zero-order chi connectivity index (χ0) is 16.9. The van der Waals surface area contributed by atoms with Crippen molar-refractivity contribution in [2.75, 3.05) is 0 Å². The summed E-state index contributed by atoms with van der Waals surface area (Å²) in [4.78, 5) is 21.5. The number of hydrogen-bond donors (Lipinski definition) is 2. The van der Waals surface area contributed by atoms with Crippen molar-refractivity contribution in [1.29, 1.82) is 0 Å². The molecule has 0 fully saturated rings. The van der Waals surface area contributed by atoms with E-state index < -0.39 is 0 Å². The molecule has 0 saturated heterocycles. The van der Waals surface area contributed by atoms with Crippen molar-refractivity contribution in [2.45, 2.75) is 10.1 Å². The zero-order valence-electron chi connectivity index (χ0n) is 12.3. The molecule has 3 heterocycles. The summed E-state index contributed by atoms with van der Waals surface area (Å²) in [7, 11) is 0. The van der Waals surface area contributed by atoms with Crippen LogP contribution in [0.3, 0.4) is 0 Å². The highest BCUT2D eigenvalue weighted by Crippen LogP contribution is 2.25. The van der Waals surface area contributed by atoms with E-state index in [0.29, 0.717) is 16.2 Å². The van der Waals surface area contributed by atoms with Crippen molar-refractivity contribution in [3.8, 4) is 0 Å². The fourth-order valence-electron chi connectivity index (χ4n) is 1.94. The molecule has 0 aliphatic rings. The van der Waals surface area contributed by atoms with Crippen LogP contribution in [-0.2, 0) is 0 Å². The highest BCUT2D eigenvalue weighted by atomic mass is 32.2. The monoisotopic (exact) mass is 356 g/mol. The predicted octanol–water partition coefficient (Wildman–Crippen LogP) is 1.41. The van der Waals surface area contributed by atoms with Gasteiger partial charge in [0.2, 0.25) is 0 Å². The van der Waals surface area contributed by atoms with Gasteiger partial charge < -0.3 is 5.73 Å². The third-order valence-electron chi connectivity index (χ3n) is 2.94. The van der Waals surface area contributed by atoms with Crippen LogP contribution in [0, 0.1) is 0 Å². The van der Waals surface area contributed by atoms with Gasteiger partial charge in [0, 0.05) is 12.4 Å². The molecule has 0 spiro atoms. The molecule has 0 aliphatic carbocycles. The number of rotatable bonds is 4. The average molecular weight is 356 g/mol. The molecule has 3 rings (SSSR count). The minimum Gasteiger partial charge on any atom is -0.375 e. The van der Waals surface area contributed by atoms with Crippen molar-refractivity contribution in [2.24, 2.45) is 10.8 Å². The van der Waals surface area contributed by atoms with Crippen molar-refractivity contribution in [1.82, 2.24) is 19.8 Å². The second-order valence-electron chi connectivity index (χ2n) is 4.57. The normalized spacial score (nSPS) is 11.0. The summed E-state index contributed by atoms with van der Waals surface area (Å²) < 4.78 is 1.45. The Balaban J connectivity index is 2.12. The summed E-state index contributed by atoms with van der Waals surface area (Å²) in [5.74, 6) is 0. The molecule has 7 nitrogen and oxygen atoms in total. The van der Waals surface area contributed by atoms with Gasteiger partial charge in [-0.3, -0.25) is 14.6 Å². The lowest BCUT2D eigenvalue weighted by molar-refractivity contribution is 0.967. The minimum atomic E-state index is -0.243. The number of nitrogens with two attached hydrogens (primary N) is 1. The maximum atomic E-state index is 12.7. The summed E-state index contributed by atoms with van der Waals surface area (Å²) >= 11 is 5.98. The first-order chi connectivity index (χ1) is 11.6. The van der Waals surface area contributed by atoms with Gasteiger partial charge in [0.1, 0.15) is 15.7 Å². The third-order valence-corrected chi connectivity index (χ3v) is 3.99. The van der Waals surface area contributed by atoms with Crippen LogP contribution in [0.5, 0.6) is 0 Å². The first kappa shape index (κ1) is 16.1. The number of aromatic nitrogens is 3. The van der Waals surface area contributed by atoms with Crippen molar-refractivity contribution in [3.05, 3.63) is 64.7 Å². The lowest BCUT2D eigenvalue weighted by atomic mass is 10.3. The van der Waals surface area contributed by atoms with Crippen LogP contribution in [0.4, 0.5) is 0 Å². The van der Waals surface area contributed by atoms with Gasteiger partial charge >= 0.3 is 0 Å². The third kappa shape index (κ3) is 3.58. The zero-order valence-corrected chi connectivity index (χ0v) is 13.9. The highest BCUT2D eigenvalue weighted by Gasteiger charge is 2.13.